The van der Waals surface area contributed by atoms with Crippen LogP contribution in [0.3, 0.4) is 0 Å². The molecule has 1 rings (SSSR count). The molecule has 84 valence electrons. The van der Waals surface area contributed by atoms with Crippen molar-refractivity contribution in [2.45, 2.75) is 46.6 Å². The number of aryl methyl sites for hydroxylation is 2. The van der Waals surface area contributed by atoms with Crippen LogP contribution >= 0.6 is 0 Å². The zero-order valence-electron chi connectivity index (χ0n) is 9.73. The van der Waals surface area contributed by atoms with Crippen molar-refractivity contribution in [3.05, 3.63) is 12.2 Å². The van der Waals surface area contributed by atoms with Crippen molar-refractivity contribution < 1.29 is 4.79 Å². The fraction of sp³-hybridized carbons (Fsp3) is 0.727. The van der Waals surface area contributed by atoms with Crippen LogP contribution in [0.4, 0.5) is 0 Å². The Morgan fingerprint density at radius 3 is 2.87 bits per heavy atom. The quantitative estimate of drug-likeness (QED) is 0.718. The molecule has 0 aliphatic heterocycles. The highest BCUT2D eigenvalue weighted by molar-refractivity contribution is 5.78. The van der Waals surface area contributed by atoms with Crippen molar-refractivity contribution in [2.75, 3.05) is 0 Å². The van der Waals surface area contributed by atoms with Gasteiger partial charge in [0.2, 0.25) is 0 Å². The van der Waals surface area contributed by atoms with Crippen LogP contribution < -0.4 is 0 Å². The number of nitrogens with zero attached hydrogens (tertiary/aromatic N) is 3. The van der Waals surface area contributed by atoms with Crippen LogP contribution in [0.2, 0.25) is 0 Å². The molecule has 0 bridgehead atoms. The second kappa shape index (κ2) is 5.63. The highest BCUT2D eigenvalue weighted by atomic mass is 16.1. The van der Waals surface area contributed by atoms with Crippen molar-refractivity contribution in [3.63, 3.8) is 0 Å². The van der Waals surface area contributed by atoms with Gasteiger partial charge in [0.1, 0.15) is 17.9 Å². The fourth-order valence-electron chi connectivity index (χ4n) is 1.55. The average molecular weight is 209 g/mol. The summed E-state index contributed by atoms with van der Waals surface area (Å²) in [6.45, 7) is 6.96. The molecule has 0 saturated carbocycles. The minimum Gasteiger partial charge on any atom is -0.300 e. The Hall–Kier alpha value is -1.19. The number of Topliss-reactive ketones (excluding diaryl/α,β-unsaturated/α-hetero) is 1. The Balaban J connectivity index is 2.40. The summed E-state index contributed by atoms with van der Waals surface area (Å²) in [6.07, 6.45) is 3.50. The van der Waals surface area contributed by atoms with Gasteiger partial charge in [-0.2, -0.15) is 5.10 Å². The molecule has 0 saturated heterocycles. The second-order valence-corrected chi connectivity index (χ2v) is 4.13. The molecule has 0 unspecified atom stereocenters. The normalized spacial score (nSPS) is 10.9. The Kier molecular flexibility index (Phi) is 4.46. The Morgan fingerprint density at radius 2 is 2.27 bits per heavy atom. The van der Waals surface area contributed by atoms with Gasteiger partial charge in [0.25, 0.3) is 0 Å². The maximum absolute atomic E-state index is 11.5. The van der Waals surface area contributed by atoms with E-state index >= 15 is 0 Å². The molecule has 1 aromatic rings. The molecular weight excluding hydrogens is 190 g/mol. The minimum absolute atomic E-state index is 0.315. The first-order valence-corrected chi connectivity index (χ1v) is 5.51. The van der Waals surface area contributed by atoms with Crippen LogP contribution in [-0.4, -0.2) is 20.5 Å². The Labute approximate surface area is 90.7 Å². The molecule has 0 amide bonds. The molecule has 0 radical (unpaired) electrons. The smallest absolute Gasteiger partial charge is 0.138 e. The van der Waals surface area contributed by atoms with E-state index < -0.39 is 0 Å². The number of ketones is 1. The predicted molar refractivity (Wildman–Crippen MR) is 58.5 cm³/mol. The molecule has 1 heterocycles. The van der Waals surface area contributed by atoms with Gasteiger partial charge in [-0.1, -0.05) is 13.8 Å². The van der Waals surface area contributed by atoms with E-state index in [1.54, 1.807) is 6.33 Å². The summed E-state index contributed by atoms with van der Waals surface area (Å²) < 4.78 is 1.84. The summed E-state index contributed by atoms with van der Waals surface area (Å²) in [5.41, 5.74) is 0. The van der Waals surface area contributed by atoms with Gasteiger partial charge in [0.05, 0.1) is 0 Å². The van der Waals surface area contributed by atoms with Crippen molar-refractivity contribution in [1.29, 1.82) is 0 Å². The van der Waals surface area contributed by atoms with Gasteiger partial charge >= 0.3 is 0 Å². The summed E-state index contributed by atoms with van der Waals surface area (Å²) in [4.78, 5) is 15.6. The molecule has 4 nitrogen and oxygen atoms in total. The largest absolute Gasteiger partial charge is 0.300 e. The van der Waals surface area contributed by atoms with Crippen molar-refractivity contribution >= 4 is 5.78 Å². The number of aromatic nitrogens is 3. The third-order valence-electron chi connectivity index (χ3n) is 2.26. The second-order valence-electron chi connectivity index (χ2n) is 4.13. The van der Waals surface area contributed by atoms with E-state index in [-0.39, 0.29) is 0 Å². The lowest BCUT2D eigenvalue weighted by atomic mass is 10.0. The van der Waals surface area contributed by atoms with Crippen LogP contribution in [0.15, 0.2) is 6.33 Å². The standard InChI is InChI=1S/C11H19N3O/c1-4-14-11(12-8-13-14)6-5-10(15)7-9(2)3/h8-9H,4-7H2,1-3H3. The summed E-state index contributed by atoms with van der Waals surface area (Å²) in [6, 6.07) is 0. The topological polar surface area (TPSA) is 47.8 Å². The van der Waals surface area contributed by atoms with Gasteiger partial charge < -0.3 is 0 Å². The van der Waals surface area contributed by atoms with E-state index in [0.29, 0.717) is 31.0 Å². The molecule has 0 atom stereocenters. The van der Waals surface area contributed by atoms with Gasteiger partial charge in [0.15, 0.2) is 0 Å². The van der Waals surface area contributed by atoms with Crippen molar-refractivity contribution in [3.8, 4) is 0 Å². The molecule has 15 heavy (non-hydrogen) atoms. The predicted octanol–water partition coefficient (Wildman–Crippen LogP) is 1.85. The van der Waals surface area contributed by atoms with Crippen LogP contribution in [0.5, 0.6) is 0 Å². The maximum atomic E-state index is 11.5. The number of hydrogen-bond donors (Lipinski definition) is 0. The molecule has 0 fully saturated rings. The van der Waals surface area contributed by atoms with Gasteiger partial charge in [-0.15, -0.1) is 0 Å². The van der Waals surface area contributed by atoms with Crippen LogP contribution in [0.1, 0.15) is 39.4 Å². The molecule has 0 N–H and O–H groups in total. The van der Waals surface area contributed by atoms with E-state index in [9.17, 15) is 4.79 Å². The lowest BCUT2D eigenvalue weighted by Gasteiger charge is -2.04. The van der Waals surface area contributed by atoms with E-state index in [1.165, 1.54) is 0 Å². The van der Waals surface area contributed by atoms with Crippen LogP contribution in [0, 0.1) is 5.92 Å². The van der Waals surface area contributed by atoms with Crippen molar-refractivity contribution in [1.82, 2.24) is 14.8 Å². The summed E-state index contributed by atoms with van der Waals surface area (Å²) in [5.74, 6) is 1.67. The SMILES string of the molecule is CCn1ncnc1CCC(=O)CC(C)C. The third kappa shape index (κ3) is 3.81. The Bertz CT molecular complexity index is 317. The fourth-order valence-corrected chi connectivity index (χ4v) is 1.55. The van der Waals surface area contributed by atoms with E-state index in [4.69, 9.17) is 0 Å². The van der Waals surface area contributed by atoms with E-state index in [0.717, 1.165) is 12.4 Å². The lowest BCUT2D eigenvalue weighted by Crippen LogP contribution is -2.08. The highest BCUT2D eigenvalue weighted by Crippen LogP contribution is 2.06. The van der Waals surface area contributed by atoms with Gasteiger partial charge in [0, 0.05) is 25.8 Å². The molecular formula is C11H19N3O. The van der Waals surface area contributed by atoms with Gasteiger partial charge in [-0.3, -0.25) is 9.48 Å². The first-order chi connectivity index (χ1) is 7.13. The molecule has 0 aromatic carbocycles. The first kappa shape index (κ1) is 11.9. The molecule has 4 heteroatoms. The number of rotatable bonds is 6. The van der Waals surface area contributed by atoms with Crippen LogP contribution in [-0.2, 0) is 17.8 Å². The van der Waals surface area contributed by atoms with E-state index in [2.05, 4.69) is 23.9 Å². The zero-order chi connectivity index (χ0) is 11.3. The lowest BCUT2D eigenvalue weighted by molar-refractivity contribution is -0.119. The van der Waals surface area contributed by atoms with Crippen LogP contribution in [0.25, 0.3) is 0 Å². The number of carbonyl (C=O) groups excluding carboxylic acids is 1. The molecule has 0 aliphatic carbocycles. The number of hydrogen-bond acceptors (Lipinski definition) is 3. The molecule has 1 aromatic heterocycles. The summed E-state index contributed by atoms with van der Waals surface area (Å²) in [7, 11) is 0. The third-order valence-corrected chi connectivity index (χ3v) is 2.26. The molecule has 0 spiro atoms. The zero-order valence-corrected chi connectivity index (χ0v) is 9.73. The number of carbonyl (C=O) groups is 1. The van der Waals surface area contributed by atoms with E-state index in [1.807, 2.05) is 11.6 Å². The average Bonchev–Trinajstić information content (AvgIpc) is 2.60. The Morgan fingerprint density at radius 1 is 1.53 bits per heavy atom. The highest BCUT2D eigenvalue weighted by Gasteiger charge is 2.08. The van der Waals surface area contributed by atoms with Gasteiger partial charge in [-0.05, 0) is 12.8 Å². The van der Waals surface area contributed by atoms with Crippen molar-refractivity contribution in [2.24, 2.45) is 5.92 Å². The maximum Gasteiger partial charge on any atom is 0.138 e. The summed E-state index contributed by atoms with van der Waals surface area (Å²) >= 11 is 0. The van der Waals surface area contributed by atoms with Gasteiger partial charge in [-0.25, -0.2) is 4.98 Å². The summed E-state index contributed by atoms with van der Waals surface area (Å²) in [5, 5.41) is 4.07. The first-order valence-electron chi connectivity index (χ1n) is 5.51. The molecule has 0 aliphatic rings. The monoisotopic (exact) mass is 209 g/mol. The minimum atomic E-state index is 0.315.